The van der Waals surface area contributed by atoms with Gasteiger partial charge in [0.05, 0.1) is 6.10 Å². The lowest BCUT2D eigenvalue weighted by Crippen LogP contribution is -2.45. The number of likely N-dealkylation sites (tertiary alicyclic amines) is 1. The fourth-order valence-electron chi connectivity index (χ4n) is 2.97. The first-order valence-electron chi connectivity index (χ1n) is 6.82. The van der Waals surface area contributed by atoms with E-state index in [1.165, 1.54) is 45.1 Å². The Morgan fingerprint density at radius 2 is 2.00 bits per heavy atom. The molecule has 0 amide bonds. The molecule has 16 heavy (non-hydrogen) atoms. The predicted molar refractivity (Wildman–Crippen MR) is 68.1 cm³/mol. The molecule has 0 spiro atoms. The molecule has 0 aromatic heterocycles. The van der Waals surface area contributed by atoms with Gasteiger partial charge >= 0.3 is 0 Å². The minimum absolute atomic E-state index is 0.490. The molecule has 2 aliphatic rings. The second-order valence-corrected chi connectivity index (χ2v) is 5.49. The molecule has 2 unspecified atom stereocenters. The third kappa shape index (κ3) is 3.61. The highest BCUT2D eigenvalue weighted by Crippen LogP contribution is 2.22. The second-order valence-electron chi connectivity index (χ2n) is 5.11. The van der Waals surface area contributed by atoms with E-state index in [1.807, 2.05) is 0 Å². The fourth-order valence-corrected chi connectivity index (χ4v) is 3.22. The quantitative estimate of drug-likeness (QED) is 0.706. The van der Waals surface area contributed by atoms with Gasteiger partial charge in [-0.1, -0.05) is 6.42 Å². The highest BCUT2D eigenvalue weighted by Gasteiger charge is 2.25. The summed E-state index contributed by atoms with van der Waals surface area (Å²) < 4.78 is 5.83. The van der Waals surface area contributed by atoms with Gasteiger partial charge in [-0.3, -0.25) is 4.90 Å². The van der Waals surface area contributed by atoms with Gasteiger partial charge in [0.1, 0.15) is 0 Å². The number of hydrogen-bond acceptors (Lipinski definition) is 2. The van der Waals surface area contributed by atoms with E-state index in [-0.39, 0.29) is 0 Å². The van der Waals surface area contributed by atoms with Crippen molar-refractivity contribution in [2.45, 2.75) is 57.1 Å². The predicted octanol–water partition coefficient (Wildman–Crippen LogP) is 3.04. The molecule has 3 heteroatoms. The van der Waals surface area contributed by atoms with Gasteiger partial charge in [0, 0.05) is 25.1 Å². The maximum Gasteiger partial charge on any atom is 0.0702 e. The van der Waals surface area contributed by atoms with E-state index in [1.54, 1.807) is 0 Å². The summed E-state index contributed by atoms with van der Waals surface area (Å²) in [7, 11) is 0. The van der Waals surface area contributed by atoms with Crippen molar-refractivity contribution >= 4 is 11.6 Å². The van der Waals surface area contributed by atoms with Crippen LogP contribution in [0.5, 0.6) is 0 Å². The minimum atomic E-state index is 0.490. The van der Waals surface area contributed by atoms with Crippen LogP contribution in [0.2, 0.25) is 0 Å². The Bertz CT molecular complexity index is 192. The van der Waals surface area contributed by atoms with Crippen LogP contribution in [0.15, 0.2) is 0 Å². The molecule has 0 radical (unpaired) electrons. The maximum absolute atomic E-state index is 5.89. The summed E-state index contributed by atoms with van der Waals surface area (Å²) in [4.78, 5) is 2.63. The lowest BCUT2D eigenvalue weighted by atomic mass is 9.98. The van der Waals surface area contributed by atoms with Crippen LogP contribution in [0, 0.1) is 0 Å². The number of hydrogen-bond donors (Lipinski definition) is 0. The Kier molecular flexibility index (Phi) is 5.40. The zero-order chi connectivity index (χ0) is 11.2. The summed E-state index contributed by atoms with van der Waals surface area (Å²) in [6.45, 7) is 3.36. The first-order chi connectivity index (χ1) is 7.90. The van der Waals surface area contributed by atoms with Gasteiger partial charge in [0.2, 0.25) is 0 Å². The molecule has 2 atom stereocenters. The summed E-state index contributed by atoms with van der Waals surface area (Å²) in [5, 5.41) is 0. The average molecular weight is 246 g/mol. The average Bonchev–Trinajstić information content (AvgIpc) is 2.33. The standard InChI is InChI=1S/C13H24ClNO/c14-8-7-12-5-1-3-9-15(12)11-13-6-2-4-10-16-13/h12-13H,1-11H2. The third-order valence-corrected chi connectivity index (χ3v) is 4.12. The van der Waals surface area contributed by atoms with Crippen LogP contribution in [0.1, 0.15) is 44.9 Å². The molecule has 2 rings (SSSR count). The van der Waals surface area contributed by atoms with Crippen molar-refractivity contribution in [3.05, 3.63) is 0 Å². The molecule has 94 valence electrons. The lowest BCUT2D eigenvalue weighted by molar-refractivity contribution is -0.0196. The molecule has 2 fully saturated rings. The van der Waals surface area contributed by atoms with Crippen molar-refractivity contribution in [1.29, 1.82) is 0 Å². The normalized spacial score (nSPS) is 32.8. The SMILES string of the molecule is ClCCC1CCCCN1CC1CCCCO1. The van der Waals surface area contributed by atoms with E-state index in [9.17, 15) is 0 Å². The molecule has 2 saturated heterocycles. The first-order valence-corrected chi connectivity index (χ1v) is 7.35. The summed E-state index contributed by atoms with van der Waals surface area (Å²) in [6, 6.07) is 0.719. The molecular weight excluding hydrogens is 222 g/mol. The van der Waals surface area contributed by atoms with Gasteiger partial charge in [0.15, 0.2) is 0 Å². The van der Waals surface area contributed by atoms with Crippen LogP contribution in [0.4, 0.5) is 0 Å². The highest BCUT2D eigenvalue weighted by atomic mass is 35.5. The van der Waals surface area contributed by atoms with Gasteiger partial charge in [-0.2, -0.15) is 0 Å². The molecular formula is C13H24ClNO. The van der Waals surface area contributed by atoms with Crippen molar-refractivity contribution in [2.24, 2.45) is 0 Å². The number of rotatable bonds is 4. The van der Waals surface area contributed by atoms with Crippen LogP contribution < -0.4 is 0 Å². The summed E-state index contributed by atoms with van der Waals surface area (Å²) in [6.07, 6.45) is 9.55. The summed E-state index contributed by atoms with van der Waals surface area (Å²) in [5.74, 6) is 0.798. The molecule has 2 nitrogen and oxygen atoms in total. The molecule has 0 N–H and O–H groups in total. The highest BCUT2D eigenvalue weighted by molar-refractivity contribution is 6.17. The molecule has 2 aliphatic heterocycles. The van der Waals surface area contributed by atoms with Crippen molar-refractivity contribution in [2.75, 3.05) is 25.6 Å². The minimum Gasteiger partial charge on any atom is -0.377 e. The number of nitrogens with zero attached hydrogens (tertiary/aromatic N) is 1. The summed E-state index contributed by atoms with van der Waals surface area (Å²) >= 11 is 5.89. The van der Waals surface area contributed by atoms with E-state index in [2.05, 4.69) is 4.90 Å². The Hall–Kier alpha value is 0.210. The summed E-state index contributed by atoms with van der Waals surface area (Å²) in [5.41, 5.74) is 0. The molecule has 0 saturated carbocycles. The number of ether oxygens (including phenoxy) is 1. The van der Waals surface area contributed by atoms with Gasteiger partial charge in [-0.05, 0) is 45.1 Å². The largest absolute Gasteiger partial charge is 0.377 e. The number of alkyl halides is 1. The first kappa shape index (κ1) is 12.7. The Labute approximate surface area is 104 Å². The zero-order valence-corrected chi connectivity index (χ0v) is 10.9. The van der Waals surface area contributed by atoms with Gasteiger partial charge in [-0.25, -0.2) is 0 Å². The van der Waals surface area contributed by atoms with Crippen molar-refractivity contribution < 1.29 is 4.74 Å². The Balaban J connectivity index is 1.80. The van der Waals surface area contributed by atoms with Crippen molar-refractivity contribution in [3.8, 4) is 0 Å². The van der Waals surface area contributed by atoms with Crippen molar-refractivity contribution in [1.82, 2.24) is 4.90 Å². The second kappa shape index (κ2) is 6.83. The van der Waals surface area contributed by atoms with E-state index < -0.39 is 0 Å². The van der Waals surface area contributed by atoms with Gasteiger partial charge < -0.3 is 4.74 Å². The van der Waals surface area contributed by atoms with E-state index in [0.717, 1.165) is 31.5 Å². The monoisotopic (exact) mass is 245 g/mol. The van der Waals surface area contributed by atoms with Crippen LogP contribution in [-0.4, -0.2) is 42.6 Å². The van der Waals surface area contributed by atoms with Crippen LogP contribution in [0.25, 0.3) is 0 Å². The van der Waals surface area contributed by atoms with Crippen LogP contribution in [-0.2, 0) is 4.74 Å². The van der Waals surface area contributed by atoms with Crippen LogP contribution in [0.3, 0.4) is 0 Å². The van der Waals surface area contributed by atoms with Gasteiger partial charge in [0.25, 0.3) is 0 Å². The topological polar surface area (TPSA) is 12.5 Å². The maximum atomic E-state index is 5.89. The Morgan fingerprint density at radius 3 is 2.75 bits per heavy atom. The molecule has 0 bridgehead atoms. The fraction of sp³-hybridized carbons (Fsp3) is 1.00. The third-order valence-electron chi connectivity index (χ3n) is 3.90. The Morgan fingerprint density at radius 1 is 1.12 bits per heavy atom. The molecule has 2 heterocycles. The number of halogens is 1. The van der Waals surface area contributed by atoms with Gasteiger partial charge in [-0.15, -0.1) is 11.6 Å². The van der Waals surface area contributed by atoms with Crippen LogP contribution >= 0.6 is 11.6 Å². The molecule has 0 aromatic rings. The zero-order valence-electron chi connectivity index (χ0n) is 10.2. The lowest BCUT2D eigenvalue weighted by Gasteiger charge is -2.38. The van der Waals surface area contributed by atoms with E-state index in [0.29, 0.717) is 6.10 Å². The smallest absolute Gasteiger partial charge is 0.0702 e. The van der Waals surface area contributed by atoms with E-state index >= 15 is 0 Å². The molecule has 0 aromatic carbocycles. The van der Waals surface area contributed by atoms with E-state index in [4.69, 9.17) is 16.3 Å². The number of piperidine rings is 1. The molecule has 0 aliphatic carbocycles. The van der Waals surface area contributed by atoms with Crippen molar-refractivity contribution in [3.63, 3.8) is 0 Å².